The van der Waals surface area contributed by atoms with Gasteiger partial charge in [-0.15, -0.1) is 0 Å². The molecule has 4 heteroatoms. The summed E-state index contributed by atoms with van der Waals surface area (Å²) in [6.45, 7) is 2.17. The van der Waals surface area contributed by atoms with E-state index in [0.717, 1.165) is 11.3 Å². The summed E-state index contributed by atoms with van der Waals surface area (Å²) in [6.07, 6.45) is 0.113. The van der Waals surface area contributed by atoms with Gasteiger partial charge in [0.05, 0.1) is 6.10 Å². The summed E-state index contributed by atoms with van der Waals surface area (Å²) < 4.78 is 16.5. The van der Waals surface area contributed by atoms with Crippen LogP contribution in [0.25, 0.3) is 0 Å². The van der Waals surface area contributed by atoms with Crippen LogP contribution in [-0.2, 0) is 0 Å². The number of rotatable bonds is 4. The number of ether oxygens (including phenoxy) is 3. The zero-order chi connectivity index (χ0) is 13.9. The topological polar surface area (TPSA) is 47.9 Å². The second-order valence-electron chi connectivity index (χ2n) is 4.58. The maximum Gasteiger partial charge on any atom is 0.231 e. The van der Waals surface area contributed by atoms with Gasteiger partial charge in [0.1, 0.15) is 11.5 Å². The number of benzene rings is 2. The van der Waals surface area contributed by atoms with Crippen molar-refractivity contribution in [2.75, 3.05) is 6.79 Å². The minimum Gasteiger partial charge on any atom is -0.457 e. The van der Waals surface area contributed by atoms with Gasteiger partial charge in [-0.3, -0.25) is 0 Å². The van der Waals surface area contributed by atoms with Crippen LogP contribution in [0.2, 0.25) is 0 Å². The number of fused-ring (bicyclic) bond motifs is 1. The van der Waals surface area contributed by atoms with Crippen LogP contribution in [0.4, 0.5) is 0 Å². The summed E-state index contributed by atoms with van der Waals surface area (Å²) >= 11 is 0. The van der Waals surface area contributed by atoms with Crippen molar-refractivity contribution in [1.82, 2.24) is 0 Å². The van der Waals surface area contributed by atoms with E-state index < -0.39 is 6.10 Å². The molecule has 20 heavy (non-hydrogen) atoms. The van der Waals surface area contributed by atoms with Crippen LogP contribution >= 0.6 is 0 Å². The van der Waals surface area contributed by atoms with Gasteiger partial charge in [-0.25, -0.2) is 0 Å². The Kier molecular flexibility index (Phi) is 3.48. The monoisotopic (exact) mass is 272 g/mol. The summed E-state index contributed by atoms with van der Waals surface area (Å²) in [5.41, 5.74) is 0.785. The lowest BCUT2D eigenvalue weighted by molar-refractivity contribution is 0.170. The highest BCUT2D eigenvalue weighted by molar-refractivity contribution is 5.48. The van der Waals surface area contributed by atoms with E-state index in [9.17, 15) is 5.11 Å². The quantitative estimate of drug-likeness (QED) is 0.922. The van der Waals surface area contributed by atoms with Gasteiger partial charge >= 0.3 is 0 Å². The van der Waals surface area contributed by atoms with Crippen molar-refractivity contribution in [3.05, 3.63) is 48.0 Å². The van der Waals surface area contributed by atoms with Crippen LogP contribution < -0.4 is 14.2 Å². The third kappa shape index (κ3) is 2.42. The van der Waals surface area contributed by atoms with Crippen LogP contribution in [0.15, 0.2) is 42.5 Å². The maximum atomic E-state index is 10.0. The Balaban J connectivity index is 1.88. The molecule has 0 radical (unpaired) electrons. The van der Waals surface area contributed by atoms with Crippen LogP contribution in [0, 0.1) is 0 Å². The van der Waals surface area contributed by atoms with Gasteiger partial charge in [0.2, 0.25) is 6.79 Å². The van der Waals surface area contributed by atoms with Crippen LogP contribution in [0.5, 0.6) is 23.0 Å². The molecule has 1 aliphatic heterocycles. The first-order valence-corrected chi connectivity index (χ1v) is 6.62. The van der Waals surface area contributed by atoms with E-state index in [-0.39, 0.29) is 6.79 Å². The third-order valence-corrected chi connectivity index (χ3v) is 3.24. The minimum absolute atomic E-state index is 0.240. The molecular formula is C16H16O4. The van der Waals surface area contributed by atoms with Gasteiger partial charge in [-0.1, -0.05) is 25.1 Å². The van der Waals surface area contributed by atoms with E-state index >= 15 is 0 Å². The molecule has 1 unspecified atom stereocenters. The summed E-state index contributed by atoms with van der Waals surface area (Å²) in [5, 5.41) is 10.0. The number of aliphatic hydroxyl groups is 1. The zero-order valence-electron chi connectivity index (χ0n) is 11.2. The van der Waals surface area contributed by atoms with Crippen molar-refractivity contribution >= 4 is 0 Å². The van der Waals surface area contributed by atoms with Gasteiger partial charge in [0.25, 0.3) is 0 Å². The Morgan fingerprint density at radius 2 is 1.95 bits per heavy atom. The number of hydrogen-bond donors (Lipinski definition) is 1. The maximum absolute atomic E-state index is 10.0. The Labute approximate surface area is 117 Å². The number of para-hydroxylation sites is 1. The van der Waals surface area contributed by atoms with E-state index in [1.807, 2.05) is 43.3 Å². The van der Waals surface area contributed by atoms with Crippen LogP contribution in [-0.4, -0.2) is 11.9 Å². The molecule has 0 saturated heterocycles. The molecule has 2 aromatic rings. The largest absolute Gasteiger partial charge is 0.457 e. The zero-order valence-corrected chi connectivity index (χ0v) is 11.2. The highest BCUT2D eigenvalue weighted by atomic mass is 16.7. The number of aliphatic hydroxyl groups excluding tert-OH is 1. The highest BCUT2D eigenvalue weighted by Crippen LogP contribution is 2.38. The lowest BCUT2D eigenvalue weighted by Crippen LogP contribution is -1.98. The first-order chi connectivity index (χ1) is 9.78. The highest BCUT2D eigenvalue weighted by Gasteiger charge is 2.16. The average molecular weight is 272 g/mol. The van der Waals surface area contributed by atoms with Gasteiger partial charge in [-0.05, 0) is 24.6 Å². The van der Waals surface area contributed by atoms with E-state index in [0.29, 0.717) is 23.7 Å². The van der Waals surface area contributed by atoms with E-state index in [2.05, 4.69) is 0 Å². The van der Waals surface area contributed by atoms with Crippen molar-refractivity contribution in [2.24, 2.45) is 0 Å². The molecule has 1 aliphatic rings. The first kappa shape index (κ1) is 12.8. The third-order valence-electron chi connectivity index (χ3n) is 3.24. The van der Waals surface area contributed by atoms with Gasteiger partial charge in [0, 0.05) is 11.6 Å². The lowest BCUT2D eigenvalue weighted by Gasteiger charge is -2.14. The molecule has 0 spiro atoms. The average Bonchev–Trinajstić information content (AvgIpc) is 2.94. The standard InChI is InChI=1S/C16H16O4/c1-2-13(17)12-5-3-4-6-14(12)20-11-7-8-15-16(9-11)19-10-18-15/h3-9,13,17H,2,10H2,1H3. The van der Waals surface area contributed by atoms with E-state index in [1.54, 1.807) is 6.07 Å². The molecular weight excluding hydrogens is 256 g/mol. The first-order valence-electron chi connectivity index (χ1n) is 6.62. The van der Waals surface area contributed by atoms with Crippen molar-refractivity contribution in [3.8, 4) is 23.0 Å². The van der Waals surface area contributed by atoms with Crippen LogP contribution in [0.1, 0.15) is 25.0 Å². The molecule has 4 nitrogen and oxygen atoms in total. The predicted molar refractivity (Wildman–Crippen MR) is 74.3 cm³/mol. The lowest BCUT2D eigenvalue weighted by atomic mass is 10.1. The fraction of sp³-hybridized carbons (Fsp3) is 0.250. The van der Waals surface area contributed by atoms with E-state index in [1.165, 1.54) is 0 Å². The molecule has 0 fully saturated rings. The minimum atomic E-state index is -0.528. The second kappa shape index (κ2) is 5.43. The molecule has 1 atom stereocenters. The second-order valence-corrected chi connectivity index (χ2v) is 4.58. The fourth-order valence-electron chi connectivity index (χ4n) is 2.14. The van der Waals surface area contributed by atoms with Crippen molar-refractivity contribution in [1.29, 1.82) is 0 Å². The Morgan fingerprint density at radius 3 is 2.80 bits per heavy atom. The molecule has 0 bridgehead atoms. The Hall–Kier alpha value is -2.20. The molecule has 0 saturated carbocycles. The fourth-order valence-corrected chi connectivity index (χ4v) is 2.14. The molecule has 1 N–H and O–H groups in total. The summed E-state index contributed by atoms with van der Waals surface area (Å²) in [4.78, 5) is 0. The van der Waals surface area contributed by atoms with Crippen molar-refractivity contribution in [3.63, 3.8) is 0 Å². The summed E-state index contributed by atoms with van der Waals surface area (Å²) in [7, 11) is 0. The SMILES string of the molecule is CCC(O)c1ccccc1Oc1ccc2c(c1)OCO2. The van der Waals surface area contributed by atoms with Gasteiger partial charge < -0.3 is 19.3 Å². The Bertz CT molecular complexity index is 609. The molecule has 0 aliphatic carbocycles. The Morgan fingerprint density at radius 1 is 1.15 bits per heavy atom. The smallest absolute Gasteiger partial charge is 0.231 e. The summed E-state index contributed by atoms with van der Waals surface area (Å²) in [5.74, 6) is 2.71. The predicted octanol–water partition coefficient (Wildman–Crippen LogP) is 3.65. The van der Waals surface area contributed by atoms with Crippen LogP contribution in [0.3, 0.4) is 0 Å². The van der Waals surface area contributed by atoms with Gasteiger partial charge in [-0.2, -0.15) is 0 Å². The number of hydrogen-bond acceptors (Lipinski definition) is 4. The molecule has 0 aromatic heterocycles. The molecule has 3 rings (SSSR count). The van der Waals surface area contributed by atoms with Gasteiger partial charge in [0.15, 0.2) is 11.5 Å². The molecule has 2 aromatic carbocycles. The van der Waals surface area contributed by atoms with E-state index in [4.69, 9.17) is 14.2 Å². The molecule has 0 amide bonds. The van der Waals surface area contributed by atoms with Crippen molar-refractivity contribution < 1.29 is 19.3 Å². The molecule has 104 valence electrons. The normalized spacial score (nSPS) is 14.1. The van der Waals surface area contributed by atoms with Crippen molar-refractivity contribution in [2.45, 2.75) is 19.4 Å². The molecule has 1 heterocycles. The summed E-state index contributed by atoms with van der Waals surface area (Å²) in [6, 6.07) is 12.9.